The van der Waals surface area contributed by atoms with Crippen molar-refractivity contribution in [2.75, 3.05) is 18.5 Å². The molecule has 0 unspecified atom stereocenters. The lowest BCUT2D eigenvalue weighted by Gasteiger charge is -2.14. The fourth-order valence-electron chi connectivity index (χ4n) is 0.840. The number of hydrogen-bond acceptors (Lipinski definition) is 3. The lowest BCUT2D eigenvalue weighted by Crippen LogP contribution is -2.16. The molecule has 0 aliphatic rings. The summed E-state index contributed by atoms with van der Waals surface area (Å²) in [6.07, 6.45) is 1.58. The Kier molecular flexibility index (Phi) is 2.65. The third-order valence-corrected chi connectivity index (χ3v) is 1.74. The van der Waals surface area contributed by atoms with Gasteiger partial charge >= 0.3 is 0 Å². The first kappa shape index (κ1) is 8.54. The second-order valence-electron chi connectivity index (χ2n) is 2.53. The van der Waals surface area contributed by atoms with Crippen LogP contribution < -0.4 is 4.90 Å². The monoisotopic (exact) mass is 161 g/mol. The Labute approximate surface area is 72.3 Å². The van der Waals surface area contributed by atoms with E-state index in [9.17, 15) is 0 Å². The number of pyridine rings is 1. The van der Waals surface area contributed by atoms with E-state index in [1.807, 2.05) is 24.1 Å². The smallest absolute Gasteiger partial charge is 0.128 e. The van der Waals surface area contributed by atoms with Gasteiger partial charge in [0.05, 0.1) is 5.56 Å². The third-order valence-electron chi connectivity index (χ3n) is 1.74. The highest BCUT2D eigenvalue weighted by Gasteiger charge is 1.98. The molecule has 0 radical (unpaired) electrons. The van der Waals surface area contributed by atoms with Gasteiger partial charge in [-0.1, -0.05) is 0 Å². The zero-order valence-electron chi connectivity index (χ0n) is 7.28. The highest BCUT2D eigenvalue weighted by atomic mass is 15.1. The quantitative estimate of drug-likeness (QED) is 0.658. The van der Waals surface area contributed by atoms with Gasteiger partial charge < -0.3 is 4.90 Å². The van der Waals surface area contributed by atoms with Gasteiger partial charge in [0.1, 0.15) is 11.9 Å². The number of anilines is 1. The second kappa shape index (κ2) is 3.72. The summed E-state index contributed by atoms with van der Waals surface area (Å²) in [6, 6.07) is 5.65. The van der Waals surface area contributed by atoms with Crippen molar-refractivity contribution in [3.8, 4) is 6.07 Å². The van der Waals surface area contributed by atoms with Crippen molar-refractivity contribution in [3.63, 3.8) is 0 Å². The summed E-state index contributed by atoms with van der Waals surface area (Å²) in [6.45, 7) is 2.97. The van der Waals surface area contributed by atoms with E-state index in [1.54, 1.807) is 12.3 Å². The predicted molar refractivity (Wildman–Crippen MR) is 47.9 cm³/mol. The zero-order chi connectivity index (χ0) is 8.97. The molecule has 0 aliphatic heterocycles. The summed E-state index contributed by atoms with van der Waals surface area (Å²) in [7, 11) is 1.97. The Morgan fingerprint density at radius 2 is 2.33 bits per heavy atom. The number of rotatable bonds is 2. The molecule has 0 saturated carbocycles. The van der Waals surface area contributed by atoms with Crippen molar-refractivity contribution < 1.29 is 0 Å². The van der Waals surface area contributed by atoms with Crippen LogP contribution in [-0.2, 0) is 0 Å². The highest BCUT2D eigenvalue weighted by molar-refractivity contribution is 5.40. The van der Waals surface area contributed by atoms with E-state index in [1.165, 1.54) is 0 Å². The second-order valence-corrected chi connectivity index (χ2v) is 2.53. The van der Waals surface area contributed by atoms with Crippen molar-refractivity contribution in [2.45, 2.75) is 6.92 Å². The fraction of sp³-hybridized carbons (Fsp3) is 0.333. The van der Waals surface area contributed by atoms with Crippen LogP contribution in [-0.4, -0.2) is 18.6 Å². The molecule has 0 aromatic carbocycles. The average Bonchev–Trinajstić information content (AvgIpc) is 2.17. The third kappa shape index (κ3) is 1.73. The SMILES string of the molecule is CCN(C)c1ccc(C#N)cn1. The van der Waals surface area contributed by atoms with Gasteiger partial charge in [0.15, 0.2) is 0 Å². The Morgan fingerprint density at radius 1 is 1.58 bits per heavy atom. The van der Waals surface area contributed by atoms with Crippen LogP contribution in [0.4, 0.5) is 5.82 Å². The molecular formula is C9H11N3. The van der Waals surface area contributed by atoms with Crippen molar-refractivity contribution in [1.29, 1.82) is 5.26 Å². The van der Waals surface area contributed by atoms with Crippen LogP contribution in [0, 0.1) is 11.3 Å². The van der Waals surface area contributed by atoms with Crippen molar-refractivity contribution in [3.05, 3.63) is 23.9 Å². The molecule has 1 heterocycles. The Bertz CT molecular complexity index is 284. The van der Waals surface area contributed by atoms with Gasteiger partial charge in [-0.15, -0.1) is 0 Å². The molecule has 0 aliphatic carbocycles. The Hall–Kier alpha value is -1.56. The molecule has 3 nitrogen and oxygen atoms in total. The first-order valence-electron chi connectivity index (χ1n) is 3.85. The summed E-state index contributed by atoms with van der Waals surface area (Å²) < 4.78 is 0. The van der Waals surface area contributed by atoms with Crippen molar-refractivity contribution >= 4 is 5.82 Å². The van der Waals surface area contributed by atoms with Crippen molar-refractivity contribution in [2.24, 2.45) is 0 Å². The molecule has 3 heteroatoms. The van der Waals surface area contributed by atoms with Crippen molar-refractivity contribution in [1.82, 2.24) is 4.98 Å². The molecule has 1 rings (SSSR count). The van der Waals surface area contributed by atoms with Gasteiger partial charge in [0.2, 0.25) is 0 Å². The minimum atomic E-state index is 0.600. The van der Waals surface area contributed by atoms with Gasteiger partial charge in [-0.05, 0) is 19.1 Å². The van der Waals surface area contributed by atoms with E-state index in [4.69, 9.17) is 5.26 Å². The lowest BCUT2D eigenvalue weighted by atomic mass is 10.3. The number of nitriles is 1. The molecular weight excluding hydrogens is 150 g/mol. The first-order chi connectivity index (χ1) is 5.77. The average molecular weight is 161 g/mol. The molecule has 0 atom stereocenters. The largest absolute Gasteiger partial charge is 0.360 e. The normalized spacial score (nSPS) is 9.08. The summed E-state index contributed by atoms with van der Waals surface area (Å²) in [5.41, 5.74) is 0.600. The molecule has 0 bridgehead atoms. The fourth-order valence-corrected chi connectivity index (χ4v) is 0.840. The lowest BCUT2D eigenvalue weighted by molar-refractivity contribution is 0.938. The van der Waals surface area contributed by atoms with E-state index in [0.717, 1.165) is 12.4 Å². The minimum Gasteiger partial charge on any atom is -0.360 e. The number of nitrogens with zero attached hydrogens (tertiary/aromatic N) is 3. The standard InChI is InChI=1S/C9H11N3/c1-3-12(2)9-5-4-8(6-10)7-11-9/h4-5,7H,3H2,1-2H3. The van der Waals surface area contributed by atoms with Gasteiger partial charge in [-0.25, -0.2) is 4.98 Å². The maximum absolute atomic E-state index is 8.52. The number of aromatic nitrogens is 1. The van der Waals surface area contributed by atoms with Crippen LogP contribution >= 0.6 is 0 Å². The van der Waals surface area contributed by atoms with Gasteiger partial charge in [-0.3, -0.25) is 0 Å². The first-order valence-corrected chi connectivity index (χ1v) is 3.85. The minimum absolute atomic E-state index is 0.600. The topological polar surface area (TPSA) is 39.9 Å². The van der Waals surface area contributed by atoms with E-state index in [0.29, 0.717) is 5.56 Å². The van der Waals surface area contributed by atoms with Gasteiger partial charge in [0, 0.05) is 19.8 Å². The molecule has 12 heavy (non-hydrogen) atoms. The summed E-state index contributed by atoms with van der Waals surface area (Å²) in [4.78, 5) is 6.14. The summed E-state index contributed by atoms with van der Waals surface area (Å²) >= 11 is 0. The number of hydrogen-bond donors (Lipinski definition) is 0. The molecule has 62 valence electrons. The Balaban J connectivity index is 2.86. The molecule has 0 saturated heterocycles. The summed E-state index contributed by atoms with van der Waals surface area (Å²) in [5.74, 6) is 0.900. The zero-order valence-corrected chi connectivity index (χ0v) is 7.28. The molecule has 0 spiro atoms. The Morgan fingerprint density at radius 3 is 2.75 bits per heavy atom. The maximum atomic E-state index is 8.52. The highest BCUT2D eigenvalue weighted by Crippen LogP contribution is 2.07. The molecule has 0 N–H and O–H groups in total. The molecule has 1 aromatic rings. The predicted octanol–water partition coefficient (Wildman–Crippen LogP) is 1.41. The van der Waals surface area contributed by atoms with Crippen LogP contribution in [0.2, 0.25) is 0 Å². The van der Waals surface area contributed by atoms with Crippen LogP contribution in [0.5, 0.6) is 0 Å². The van der Waals surface area contributed by atoms with E-state index in [-0.39, 0.29) is 0 Å². The van der Waals surface area contributed by atoms with E-state index < -0.39 is 0 Å². The van der Waals surface area contributed by atoms with Crippen LogP contribution in [0.3, 0.4) is 0 Å². The molecule has 0 fully saturated rings. The van der Waals surface area contributed by atoms with Crippen LogP contribution in [0.1, 0.15) is 12.5 Å². The van der Waals surface area contributed by atoms with E-state index >= 15 is 0 Å². The molecule has 0 amide bonds. The van der Waals surface area contributed by atoms with Crippen LogP contribution in [0.25, 0.3) is 0 Å². The maximum Gasteiger partial charge on any atom is 0.128 e. The van der Waals surface area contributed by atoms with Gasteiger partial charge in [0.25, 0.3) is 0 Å². The van der Waals surface area contributed by atoms with E-state index in [2.05, 4.69) is 11.9 Å². The van der Waals surface area contributed by atoms with Gasteiger partial charge in [-0.2, -0.15) is 5.26 Å². The summed E-state index contributed by atoms with van der Waals surface area (Å²) in [5, 5.41) is 8.52. The van der Waals surface area contributed by atoms with Crippen LogP contribution in [0.15, 0.2) is 18.3 Å². The molecule has 1 aromatic heterocycles.